The van der Waals surface area contributed by atoms with Gasteiger partial charge in [-0.3, -0.25) is 4.79 Å². The van der Waals surface area contributed by atoms with Crippen LogP contribution in [-0.2, 0) is 17.7 Å². The molecule has 0 atom stereocenters. The van der Waals surface area contributed by atoms with Crippen LogP contribution in [0, 0.1) is 4.91 Å². The van der Waals surface area contributed by atoms with Crippen molar-refractivity contribution >= 4 is 22.9 Å². The number of aryl methyl sites for hydroxylation is 1. The van der Waals surface area contributed by atoms with Crippen LogP contribution in [0.15, 0.2) is 72.0 Å². The van der Waals surface area contributed by atoms with E-state index >= 15 is 0 Å². The molecule has 0 spiro atoms. The number of nitroso groups, excluding NO2 is 1. The van der Waals surface area contributed by atoms with Crippen LogP contribution in [0.25, 0.3) is 22.2 Å². The van der Waals surface area contributed by atoms with Crippen molar-refractivity contribution in [1.29, 1.82) is 0 Å². The molecule has 0 fully saturated rings. The lowest BCUT2D eigenvalue weighted by Gasteiger charge is -2.14. The van der Waals surface area contributed by atoms with Gasteiger partial charge in [0.2, 0.25) is 0 Å². The number of hydrogen-bond donors (Lipinski definition) is 1. The molecule has 1 aromatic heterocycles. The first-order valence-electron chi connectivity index (χ1n) is 10.9. The molecule has 172 valence electrons. The number of carbonyl (C=O) groups is 2. The van der Waals surface area contributed by atoms with E-state index in [1.165, 1.54) is 7.11 Å². The minimum Gasteiger partial charge on any atom is -0.465 e. The number of methoxy groups -OCH3 is 1. The largest absolute Gasteiger partial charge is 0.465 e. The van der Waals surface area contributed by atoms with E-state index in [0.717, 1.165) is 29.8 Å². The number of para-hydroxylation sites is 1. The lowest BCUT2D eigenvalue weighted by atomic mass is 9.97. The van der Waals surface area contributed by atoms with E-state index in [9.17, 15) is 14.5 Å². The van der Waals surface area contributed by atoms with Crippen LogP contribution in [0.1, 0.15) is 45.4 Å². The summed E-state index contributed by atoms with van der Waals surface area (Å²) in [5, 5.41) is 2.56. The summed E-state index contributed by atoms with van der Waals surface area (Å²) in [7, 11) is 1.35. The number of aromatic nitrogens is 2. The van der Waals surface area contributed by atoms with E-state index in [4.69, 9.17) is 9.72 Å². The Bertz CT molecular complexity index is 1360. The Morgan fingerprint density at radius 3 is 2.53 bits per heavy atom. The predicted molar refractivity (Wildman–Crippen MR) is 129 cm³/mol. The number of rotatable bonds is 8. The quantitative estimate of drug-likeness (QED) is 0.231. The number of esters is 1. The van der Waals surface area contributed by atoms with Crippen LogP contribution in [-0.4, -0.2) is 28.5 Å². The van der Waals surface area contributed by atoms with Crippen LogP contribution in [0.5, 0.6) is 0 Å². The highest BCUT2D eigenvalue weighted by Crippen LogP contribution is 2.28. The van der Waals surface area contributed by atoms with Gasteiger partial charge in [-0.05, 0) is 41.3 Å². The van der Waals surface area contributed by atoms with Crippen LogP contribution < -0.4 is 5.43 Å². The number of carbonyl (C=O) groups excluding carboxylic acids is 2. The molecule has 0 aliphatic carbocycles. The Morgan fingerprint density at radius 2 is 1.82 bits per heavy atom. The summed E-state index contributed by atoms with van der Waals surface area (Å²) in [5.74, 6) is -0.192. The molecule has 1 heterocycles. The third kappa shape index (κ3) is 4.43. The SMILES string of the molecule is CCCc1nc2cccc(C(=O)OC)c2n1Cc1ccc(-c2ccccc2)c(C(=O)NN=O)c1. The fourth-order valence-electron chi connectivity index (χ4n) is 4.12. The van der Waals surface area contributed by atoms with Crippen LogP contribution >= 0.6 is 0 Å². The summed E-state index contributed by atoms with van der Waals surface area (Å²) >= 11 is 0. The van der Waals surface area contributed by atoms with Crippen molar-refractivity contribution in [3.05, 3.63) is 94.2 Å². The van der Waals surface area contributed by atoms with Gasteiger partial charge in [-0.2, -0.15) is 0 Å². The van der Waals surface area contributed by atoms with E-state index in [-0.39, 0.29) is 0 Å². The summed E-state index contributed by atoms with van der Waals surface area (Å²) in [5.41, 5.74) is 6.49. The average molecular weight is 457 g/mol. The lowest BCUT2D eigenvalue weighted by Crippen LogP contribution is -2.18. The van der Waals surface area contributed by atoms with Gasteiger partial charge in [0, 0.05) is 18.5 Å². The van der Waals surface area contributed by atoms with Gasteiger partial charge in [-0.1, -0.05) is 55.5 Å². The Balaban J connectivity index is 1.85. The topological polar surface area (TPSA) is 103 Å². The summed E-state index contributed by atoms with van der Waals surface area (Å²) in [6.45, 7) is 2.44. The second-order valence-electron chi connectivity index (χ2n) is 7.81. The van der Waals surface area contributed by atoms with Crippen LogP contribution in [0.4, 0.5) is 0 Å². The van der Waals surface area contributed by atoms with Crippen molar-refractivity contribution in [3.63, 3.8) is 0 Å². The highest BCUT2D eigenvalue weighted by molar-refractivity contribution is 6.02. The summed E-state index contributed by atoms with van der Waals surface area (Å²) in [6.07, 6.45) is 1.60. The van der Waals surface area contributed by atoms with Gasteiger partial charge in [-0.25, -0.2) is 15.2 Å². The Labute approximate surface area is 196 Å². The van der Waals surface area contributed by atoms with E-state index in [0.29, 0.717) is 34.3 Å². The third-order valence-corrected chi connectivity index (χ3v) is 5.63. The standard InChI is InChI=1S/C26H24N4O4/c1-3-8-23-27-22-12-7-11-20(26(32)34-2)24(22)30(23)16-17-13-14-19(18-9-5-4-6-10-18)21(15-17)25(31)28-29-33/h4-7,9-15H,3,8,16H2,1-2H3,(H,28,31,33). The minimum atomic E-state index is -0.588. The highest BCUT2D eigenvalue weighted by atomic mass is 16.5. The molecule has 0 saturated carbocycles. The molecule has 0 unspecified atom stereocenters. The fourth-order valence-corrected chi connectivity index (χ4v) is 4.12. The molecule has 4 aromatic rings. The van der Waals surface area contributed by atoms with Crippen LogP contribution in [0.2, 0.25) is 0 Å². The molecular weight excluding hydrogens is 432 g/mol. The molecule has 34 heavy (non-hydrogen) atoms. The molecule has 8 heteroatoms. The van der Waals surface area contributed by atoms with E-state index in [2.05, 4.69) is 12.2 Å². The summed E-state index contributed by atoms with van der Waals surface area (Å²) in [4.78, 5) is 40.6. The maximum Gasteiger partial charge on any atom is 0.340 e. The molecule has 8 nitrogen and oxygen atoms in total. The second kappa shape index (κ2) is 10.1. The van der Waals surface area contributed by atoms with Gasteiger partial charge in [0.15, 0.2) is 0 Å². The second-order valence-corrected chi connectivity index (χ2v) is 7.81. The first kappa shape index (κ1) is 22.8. The molecule has 4 rings (SSSR count). The summed E-state index contributed by atoms with van der Waals surface area (Å²) in [6, 6.07) is 20.3. The maximum atomic E-state index is 12.7. The Morgan fingerprint density at radius 1 is 1.03 bits per heavy atom. The number of hydrogen-bond acceptors (Lipinski definition) is 6. The zero-order valence-corrected chi connectivity index (χ0v) is 18.9. The average Bonchev–Trinajstić information content (AvgIpc) is 3.21. The van der Waals surface area contributed by atoms with E-state index in [1.54, 1.807) is 18.2 Å². The number of nitrogens with zero attached hydrogens (tertiary/aromatic N) is 3. The van der Waals surface area contributed by atoms with Crippen LogP contribution in [0.3, 0.4) is 0 Å². The lowest BCUT2D eigenvalue weighted by molar-refractivity contribution is 0.0602. The normalized spacial score (nSPS) is 10.8. The Kier molecular flexibility index (Phi) is 6.77. The maximum absolute atomic E-state index is 12.7. The zero-order valence-electron chi connectivity index (χ0n) is 18.9. The molecular formula is C26H24N4O4. The minimum absolute atomic E-state index is 0.331. The molecule has 0 aliphatic rings. The molecule has 0 bridgehead atoms. The van der Waals surface area contributed by atoms with Crippen molar-refractivity contribution in [2.24, 2.45) is 5.29 Å². The van der Waals surface area contributed by atoms with Gasteiger partial charge < -0.3 is 9.30 Å². The summed E-state index contributed by atoms with van der Waals surface area (Å²) < 4.78 is 6.98. The van der Waals surface area contributed by atoms with Crippen molar-refractivity contribution in [2.45, 2.75) is 26.3 Å². The molecule has 0 aliphatic heterocycles. The van der Waals surface area contributed by atoms with Gasteiger partial charge in [0.25, 0.3) is 5.91 Å². The van der Waals surface area contributed by atoms with Crippen molar-refractivity contribution in [3.8, 4) is 11.1 Å². The number of amides is 1. The number of nitrogens with one attached hydrogen (secondary N) is 1. The number of ether oxygens (including phenoxy) is 1. The molecule has 3 aromatic carbocycles. The monoisotopic (exact) mass is 456 g/mol. The Hall–Kier alpha value is -4.33. The first-order valence-corrected chi connectivity index (χ1v) is 10.9. The number of benzene rings is 3. The smallest absolute Gasteiger partial charge is 0.340 e. The third-order valence-electron chi connectivity index (χ3n) is 5.63. The van der Waals surface area contributed by atoms with Crippen molar-refractivity contribution < 1.29 is 14.3 Å². The zero-order chi connectivity index (χ0) is 24.1. The first-order chi connectivity index (χ1) is 16.6. The van der Waals surface area contributed by atoms with Gasteiger partial charge in [-0.15, -0.1) is 4.91 Å². The molecule has 0 saturated heterocycles. The van der Waals surface area contributed by atoms with E-state index < -0.39 is 11.9 Å². The predicted octanol–water partition coefficient (Wildman–Crippen LogP) is 4.90. The van der Waals surface area contributed by atoms with Gasteiger partial charge >= 0.3 is 5.97 Å². The van der Waals surface area contributed by atoms with E-state index in [1.807, 2.05) is 58.5 Å². The molecule has 1 amide bonds. The highest BCUT2D eigenvalue weighted by Gasteiger charge is 2.20. The van der Waals surface area contributed by atoms with Gasteiger partial charge in [0.1, 0.15) is 5.82 Å². The number of imidazole rings is 1. The number of fused-ring (bicyclic) bond motifs is 1. The van der Waals surface area contributed by atoms with Crippen molar-refractivity contribution in [2.75, 3.05) is 7.11 Å². The molecule has 0 radical (unpaired) electrons. The molecule has 1 N–H and O–H groups in total. The van der Waals surface area contributed by atoms with Gasteiger partial charge in [0.05, 0.1) is 29.0 Å². The van der Waals surface area contributed by atoms with Crippen molar-refractivity contribution in [1.82, 2.24) is 15.0 Å². The fraction of sp³-hybridized carbons (Fsp3) is 0.192.